The molecule has 0 aliphatic carbocycles. The summed E-state index contributed by atoms with van der Waals surface area (Å²) in [7, 11) is 0. The number of amides is 2. The zero-order valence-electron chi connectivity index (χ0n) is 17.0. The van der Waals surface area contributed by atoms with Gasteiger partial charge in [-0.05, 0) is 49.2 Å². The van der Waals surface area contributed by atoms with Crippen LogP contribution in [0, 0.1) is 6.92 Å². The SMILES string of the molecule is CCc1ccc(Nc2cc(C)ncn2)cc1NC(=O)CNC(=O)c1ccc(Cl)cc1Cl. The molecule has 0 radical (unpaired) electrons. The number of aromatic nitrogens is 2. The highest BCUT2D eigenvalue weighted by atomic mass is 35.5. The van der Waals surface area contributed by atoms with Crippen LogP contribution in [-0.2, 0) is 11.2 Å². The fourth-order valence-electron chi connectivity index (χ4n) is 2.87. The van der Waals surface area contributed by atoms with Crippen molar-refractivity contribution in [2.45, 2.75) is 20.3 Å². The van der Waals surface area contributed by atoms with Crippen molar-refractivity contribution in [2.24, 2.45) is 0 Å². The molecule has 0 atom stereocenters. The van der Waals surface area contributed by atoms with Gasteiger partial charge in [0, 0.05) is 28.2 Å². The third kappa shape index (κ3) is 6.16. The number of nitrogens with zero attached hydrogens (tertiary/aromatic N) is 2. The van der Waals surface area contributed by atoms with Crippen molar-refractivity contribution in [3.05, 3.63) is 75.7 Å². The Morgan fingerprint density at radius 3 is 2.55 bits per heavy atom. The summed E-state index contributed by atoms with van der Waals surface area (Å²) in [5.41, 5.74) is 3.47. The van der Waals surface area contributed by atoms with Crippen LogP contribution in [0.5, 0.6) is 0 Å². The molecule has 2 amide bonds. The molecule has 0 aliphatic heterocycles. The van der Waals surface area contributed by atoms with Gasteiger partial charge in [0.2, 0.25) is 5.91 Å². The van der Waals surface area contributed by atoms with Crippen molar-refractivity contribution in [3.8, 4) is 0 Å². The van der Waals surface area contributed by atoms with Crippen LogP contribution in [0.4, 0.5) is 17.2 Å². The highest BCUT2D eigenvalue weighted by molar-refractivity contribution is 6.36. The van der Waals surface area contributed by atoms with Crippen LogP contribution in [0.3, 0.4) is 0 Å². The topological polar surface area (TPSA) is 96.0 Å². The minimum Gasteiger partial charge on any atom is -0.343 e. The molecule has 0 unspecified atom stereocenters. The van der Waals surface area contributed by atoms with Crippen LogP contribution in [0.1, 0.15) is 28.5 Å². The van der Waals surface area contributed by atoms with Crippen LogP contribution < -0.4 is 16.0 Å². The van der Waals surface area contributed by atoms with Gasteiger partial charge in [0.1, 0.15) is 12.1 Å². The third-order valence-corrected chi connectivity index (χ3v) is 4.97. The first-order valence-electron chi connectivity index (χ1n) is 9.57. The van der Waals surface area contributed by atoms with E-state index in [0.29, 0.717) is 16.5 Å². The summed E-state index contributed by atoms with van der Waals surface area (Å²) < 4.78 is 0. The molecule has 1 heterocycles. The molecule has 0 aliphatic rings. The molecule has 7 nitrogen and oxygen atoms in total. The summed E-state index contributed by atoms with van der Waals surface area (Å²) in [6, 6.07) is 12.0. The van der Waals surface area contributed by atoms with Crippen molar-refractivity contribution >= 4 is 52.2 Å². The summed E-state index contributed by atoms with van der Waals surface area (Å²) >= 11 is 11.9. The highest BCUT2D eigenvalue weighted by Crippen LogP contribution is 2.24. The first-order valence-corrected chi connectivity index (χ1v) is 10.3. The molecule has 2 aromatic carbocycles. The molecule has 31 heavy (non-hydrogen) atoms. The number of hydrogen-bond acceptors (Lipinski definition) is 5. The molecule has 160 valence electrons. The maximum atomic E-state index is 12.4. The molecule has 0 fully saturated rings. The second-order valence-corrected chi connectivity index (χ2v) is 7.59. The van der Waals surface area contributed by atoms with Gasteiger partial charge in [-0.3, -0.25) is 9.59 Å². The van der Waals surface area contributed by atoms with Crippen LogP contribution in [-0.4, -0.2) is 28.3 Å². The Kier molecular flexibility index (Phi) is 7.44. The number of anilines is 3. The zero-order chi connectivity index (χ0) is 22.4. The first kappa shape index (κ1) is 22.5. The smallest absolute Gasteiger partial charge is 0.253 e. The molecule has 0 saturated carbocycles. The maximum absolute atomic E-state index is 12.4. The van der Waals surface area contributed by atoms with Crippen molar-refractivity contribution in [1.82, 2.24) is 15.3 Å². The Hall–Kier alpha value is -3.16. The maximum Gasteiger partial charge on any atom is 0.253 e. The Morgan fingerprint density at radius 1 is 1.03 bits per heavy atom. The van der Waals surface area contributed by atoms with E-state index < -0.39 is 5.91 Å². The zero-order valence-corrected chi connectivity index (χ0v) is 18.5. The lowest BCUT2D eigenvalue weighted by molar-refractivity contribution is -0.115. The fourth-order valence-corrected chi connectivity index (χ4v) is 3.37. The molecule has 3 aromatic rings. The van der Waals surface area contributed by atoms with E-state index >= 15 is 0 Å². The van der Waals surface area contributed by atoms with E-state index in [1.165, 1.54) is 18.5 Å². The molecule has 0 saturated heterocycles. The predicted octanol–water partition coefficient (Wildman–Crippen LogP) is 4.77. The lowest BCUT2D eigenvalue weighted by Crippen LogP contribution is -2.33. The fraction of sp³-hybridized carbons (Fsp3) is 0.182. The standard InChI is InChI=1S/C22H21Cl2N5O2/c1-3-14-4-6-16(28-20-8-13(2)26-12-27-20)10-19(14)29-21(30)11-25-22(31)17-7-5-15(23)9-18(17)24/h4-10,12H,3,11H2,1-2H3,(H,25,31)(H,29,30)(H,26,27,28). The molecule has 0 spiro atoms. The van der Waals surface area contributed by atoms with Gasteiger partial charge in [-0.25, -0.2) is 9.97 Å². The Bertz CT molecular complexity index is 1120. The Morgan fingerprint density at radius 2 is 1.84 bits per heavy atom. The minimum absolute atomic E-state index is 0.205. The van der Waals surface area contributed by atoms with Gasteiger partial charge in [0.15, 0.2) is 0 Å². The second kappa shape index (κ2) is 10.2. The number of carbonyl (C=O) groups is 2. The average molecular weight is 458 g/mol. The molecule has 3 rings (SSSR count). The molecule has 9 heteroatoms. The van der Waals surface area contributed by atoms with Crippen LogP contribution in [0.15, 0.2) is 48.8 Å². The van der Waals surface area contributed by atoms with E-state index in [-0.39, 0.29) is 23.0 Å². The van der Waals surface area contributed by atoms with Gasteiger partial charge in [-0.1, -0.05) is 36.2 Å². The van der Waals surface area contributed by atoms with E-state index in [9.17, 15) is 9.59 Å². The van der Waals surface area contributed by atoms with Crippen molar-refractivity contribution in [3.63, 3.8) is 0 Å². The van der Waals surface area contributed by atoms with Crippen LogP contribution >= 0.6 is 23.2 Å². The van der Waals surface area contributed by atoms with Gasteiger partial charge in [0.05, 0.1) is 17.1 Å². The van der Waals surface area contributed by atoms with Crippen molar-refractivity contribution in [2.75, 3.05) is 17.2 Å². The van der Waals surface area contributed by atoms with E-state index in [4.69, 9.17) is 23.2 Å². The van der Waals surface area contributed by atoms with Crippen molar-refractivity contribution < 1.29 is 9.59 Å². The van der Waals surface area contributed by atoms with E-state index in [2.05, 4.69) is 25.9 Å². The van der Waals surface area contributed by atoms with E-state index in [1.54, 1.807) is 6.07 Å². The number of aryl methyl sites for hydroxylation is 2. The molecule has 3 N–H and O–H groups in total. The lowest BCUT2D eigenvalue weighted by atomic mass is 10.1. The Labute approximate surface area is 190 Å². The number of rotatable bonds is 7. The number of benzene rings is 2. The van der Waals surface area contributed by atoms with Gasteiger partial charge in [-0.2, -0.15) is 0 Å². The summed E-state index contributed by atoms with van der Waals surface area (Å²) in [6.45, 7) is 3.67. The van der Waals surface area contributed by atoms with E-state index in [1.807, 2.05) is 38.1 Å². The number of hydrogen-bond donors (Lipinski definition) is 3. The quantitative estimate of drug-likeness (QED) is 0.474. The number of nitrogens with one attached hydrogen (secondary N) is 3. The summed E-state index contributed by atoms with van der Waals surface area (Å²) in [5.74, 6) is -0.161. The highest BCUT2D eigenvalue weighted by Gasteiger charge is 2.13. The first-order chi connectivity index (χ1) is 14.9. The molecular formula is C22H21Cl2N5O2. The lowest BCUT2D eigenvalue weighted by Gasteiger charge is -2.14. The Balaban J connectivity index is 1.66. The van der Waals surface area contributed by atoms with Gasteiger partial charge >= 0.3 is 0 Å². The second-order valence-electron chi connectivity index (χ2n) is 6.75. The van der Waals surface area contributed by atoms with Crippen LogP contribution in [0.2, 0.25) is 10.0 Å². The monoisotopic (exact) mass is 457 g/mol. The van der Waals surface area contributed by atoms with Gasteiger partial charge < -0.3 is 16.0 Å². The third-order valence-electron chi connectivity index (χ3n) is 4.43. The minimum atomic E-state index is -0.456. The van der Waals surface area contributed by atoms with E-state index in [0.717, 1.165) is 23.4 Å². The molecule has 1 aromatic heterocycles. The summed E-state index contributed by atoms with van der Waals surface area (Å²) in [6.07, 6.45) is 2.21. The molecule has 0 bridgehead atoms. The summed E-state index contributed by atoms with van der Waals surface area (Å²) in [4.78, 5) is 33.0. The summed E-state index contributed by atoms with van der Waals surface area (Å²) in [5, 5.41) is 9.26. The van der Waals surface area contributed by atoms with Crippen molar-refractivity contribution in [1.29, 1.82) is 0 Å². The predicted molar refractivity (Wildman–Crippen MR) is 123 cm³/mol. The van der Waals surface area contributed by atoms with Gasteiger partial charge in [-0.15, -0.1) is 0 Å². The largest absolute Gasteiger partial charge is 0.343 e. The number of carbonyl (C=O) groups excluding carboxylic acids is 2. The van der Waals surface area contributed by atoms with Crippen LogP contribution in [0.25, 0.3) is 0 Å². The van der Waals surface area contributed by atoms with Gasteiger partial charge in [0.25, 0.3) is 5.91 Å². The number of halogens is 2. The average Bonchev–Trinajstić information content (AvgIpc) is 2.72. The molecular weight excluding hydrogens is 437 g/mol. The normalized spacial score (nSPS) is 10.5.